The zero-order valence-electron chi connectivity index (χ0n) is 13.4. The van der Waals surface area contributed by atoms with Crippen LogP contribution in [0.15, 0.2) is 18.2 Å². The number of aliphatic carboxylic acids is 1. The Balaban J connectivity index is 2.23. The summed E-state index contributed by atoms with van der Waals surface area (Å²) >= 11 is 0. The Kier molecular flexibility index (Phi) is 4.26. The van der Waals surface area contributed by atoms with Crippen molar-refractivity contribution in [3.63, 3.8) is 0 Å². The quantitative estimate of drug-likeness (QED) is 0.630. The molecule has 0 aromatic heterocycles. The van der Waals surface area contributed by atoms with Crippen LogP contribution in [-0.4, -0.2) is 33.9 Å². The molecular formula is C16H22N2O5. The number of carbonyl (C=O) groups is 2. The lowest BCUT2D eigenvalue weighted by Gasteiger charge is -2.22. The molecule has 7 heteroatoms. The summed E-state index contributed by atoms with van der Waals surface area (Å²) in [5, 5.41) is 21.5. The average Bonchev–Trinajstić information content (AvgIpc) is 3.19. The van der Waals surface area contributed by atoms with Gasteiger partial charge in [-0.1, -0.05) is 6.07 Å². The number of nitrogens with two attached hydrogens (primary N) is 1. The van der Waals surface area contributed by atoms with Crippen molar-refractivity contribution in [3.8, 4) is 5.75 Å². The third-order valence-corrected chi connectivity index (χ3v) is 3.86. The van der Waals surface area contributed by atoms with E-state index >= 15 is 0 Å². The molecule has 0 bridgehead atoms. The van der Waals surface area contributed by atoms with Gasteiger partial charge in [-0.2, -0.15) is 0 Å². The molecule has 126 valence electrons. The number of nitrogens with one attached hydrogen (secondary N) is 1. The molecule has 23 heavy (non-hydrogen) atoms. The Hall–Kier alpha value is -2.28. The number of carboxylic acid groups (broad SMARTS) is 1. The first-order valence-electron chi connectivity index (χ1n) is 7.37. The predicted octanol–water partition coefficient (Wildman–Crippen LogP) is 2.18. The number of hydrogen-bond acceptors (Lipinski definition) is 5. The van der Waals surface area contributed by atoms with Crippen LogP contribution in [0, 0.1) is 0 Å². The fourth-order valence-corrected chi connectivity index (χ4v) is 2.51. The molecule has 1 amide bonds. The molecular weight excluding hydrogens is 300 g/mol. The molecule has 1 saturated carbocycles. The van der Waals surface area contributed by atoms with Crippen molar-refractivity contribution in [3.05, 3.63) is 23.8 Å². The van der Waals surface area contributed by atoms with Gasteiger partial charge in [0.1, 0.15) is 17.4 Å². The van der Waals surface area contributed by atoms with Crippen LogP contribution in [0.3, 0.4) is 0 Å². The van der Waals surface area contributed by atoms with Crippen molar-refractivity contribution in [2.45, 2.75) is 50.7 Å². The van der Waals surface area contributed by atoms with E-state index in [4.69, 9.17) is 15.6 Å². The second kappa shape index (κ2) is 5.73. The van der Waals surface area contributed by atoms with Gasteiger partial charge in [-0.3, -0.25) is 10.1 Å². The van der Waals surface area contributed by atoms with E-state index in [1.807, 2.05) is 0 Å². The molecule has 0 radical (unpaired) electrons. The van der Waals surface area contributed by atoms with Crippen molar-refractivity contribution in [2.24, 2.45) is 5.73 Å². The summed E-state index contributed by atoms with van der Waals surface area (Å²) in [6.45, 7) is 5.19. The van der Waals surface area contributed by atoms with Gasteiger partial charge in [0, 0.05) is 5.41 Å². The molecule has 5 N–H and O–H groups in total. The molecule has 1 fully saturated rings. The van der Waals surface area contributed by atoms with Crippen LogP contribution in [-0.2, 0) is 14.9 Å². The number of phenols is 1. The minimum Gasteiger partial charge on any atom is -0.506 e. The number of anilines is 1. The van der Waals surface area contributed by atoms with E-state index in [9.17, 15) is 14.7 Å². The molecule has 1 aromatic carbocycles. The Morgan fingerprint density at radius 3 is 2.43 bits per heavy atom. The lowest BCUT2D eigenvalue weighted by molar-refractivity contribution is -0.139. The number of aromatic hydroxyl groups is 1. The standard InChI is InChI=1S/C16H22N2O5/c1-15(2,3)23-14(22)18-10-8-9(4-5-11(10)19)16(6-7-16)12(17)13(20)21/h4-5,8,12,19H,6-7,17H2,1-3H3,(H,18,22)(H,20,21). The number of phenolic OH excluding ortho intramolecular Hbond substituents is 1. The SMILES string of the molecule is CC(C)(C)OC(=O)Nc1cc(C2(C(N)C(=O)O)CC2)ccc1O. The van der Waals surface area contributed by atoms with Crippen LogP contribution < -0.4 is 11.1 Å². The zero-order chi connectivity index (χ0) is 17.4. The molecule has 1 unspecified atom stereocenters. The molecule has 0 aliphatic heterocycles. The van der Waals surface area contributed by atoms with E-state index < -0.39 is 29.1 Å². The van der Waals surface area contributed by atoms with Gasteiger partial charge in [0.25, 0.3) is 0 Å². The Bertz CT molecular complexity index is 632. The minimum absolute atomic E-state index is 0.126. The van der Waals surface area contributed by atoms with Crippen molar-refractivity contribution >= 4 is 17.7 Å². The number of rotatable bonds is 4. The monoisotopic (exact) mass is 322 g/mol. The van der Waals surface area contributed by atoms with Gasteiger partial charge in [-0.15, -0.1) is 0 Å². The second-order valence-electron chi connectivity index (χ2n) is 6.83. The van der Waals surface area contributed by atoms with E-state index in [1.54, 1.807) is 32.9 Å². The Labute approximate surface area is 134 Å². The first kappa shape index (κ1) is 17.1. The lowest BCUT2D eigenvalue weighted by atomic mass is 9.88. The number of amides is 1. The summed E-state index contributed by atoms with van der Waals surface area (Å²) < 4.78 is 5.14. The summed E-state index contributed by atoms with van der Waals surface area (Å²) in [5.41, 5.74) is 5.32. The third-order valence-electron chi connectivity index (χ3n) is 3.86. The molecule has 2 rings (SSSR count). The van der Waals surface area contributed by atoms with Gasteiger partial charge in [0.2, 0.25) is 0 Å². The summed E-state index contributed by atoms with van der Waals surface area (Å²) in [5.74, 6) is -1.20. The van der Waals surface area contributed by atoms with E-state index in [-0.39, 0.29) is 11.4 Å². The number of ether oxygens (including phenoxy) is 1. The van der Waals surface area contributed by atoms with E-state index in [1.165, 1.54) is 6.07 Å². The van der Waals surface area contributed by atoms with E-state index in [2.05, 4.69) is 5.32 Å². The van der Waals surface area contributed by atoms with Crippen molar-refractivity contribution in [1.82, 2.24) is 0 Å². The molecule has 0 saturated heterocycles. The van der Waals surface area contributed by atoms with Crippen molar-refractivity contribution in [2.75, 3.05) is 5.32 Å². The van der Waals surface area contributed by atoms with Gasteiger partial charge in [-0.25, -0.2) is 4.79 Å². The second-order valence-corrected chi connectivity index (χ2v) is 6.83. The highest BCUT2D eigenvalue weighted by molar-refractivity contribution is 5.87. The highest BCUT2D eigenvalue weighted by atomic mass is 16.6. The smallest absolute Gasteiger partial charge is 0.412 e. The molecule has 1 atom stereocenters. The predicted molar refractivity (Wildman–Crippen MR) is 84.5 cm³/mol. The summed E-state index contributed by atoms with van der Waals surface area (Å²) in [7, 11) is 0. The normalized spacial score (nSPS) is 17.2. The van der Waals surface area contributed by atoms with E-state index in [0.29, 0.717) is 18.4 Å². The van der Waals surface area contributed by atoms with Crippen LogP contribution in [0.2, 0.25) is 0 Å². The van der Waals surface area contributed by atoms with Gasteiger partial charge in [0.15, 0.2) is 0 Å². The fourth-order valence-electron chi connectivity index (χ4n) is 2.51. The van der Waals surface area contributed by atoms with Crippen molar-refractivity contribution < 1.29 is 24.5 Å². The first-order valence-corrected chi connectivity index (χ1v) is 7.37. The molecule has 1 aromatic rings. The molecule has 0 spiro atoms. The zero-order valence-corrected chi connectivity index (χ0v) is 13.4. The first-order chi connectivity index (χ1) is 10.5. The average molecular weight is 322 g/mol. The van der Waals surface area contributed by atoms with Gasteiger partial charge < -0.3 is 20.7 Å². The molecule has 0 heterocycles. The minimum atomic E-state index is -1.07. The molecule has 1 aliphatic rings. The largest absolute Gasteiger partial charge is 0.506 e. The van der Waals surface area contributed by atoms with Gasteiger partial charge in [-0.05, 0) is 51.3 Å². The van der Waals surface area contributed by atoms with Crippen LogP contribution in [0.25, 0.3) is 0 Å². The number of carboxylic acids is 1. The number of carbonyl (C=O) groups excluding carboxylic acids is 1. The summed E-state index contributed by atoms with van der Waals surface area (Å²) in [4.78, 5) is 23.0. The Morgan fingerprint density at radius 1 is 1.35 bits per heavy atom. The van der Waals surface area contributed by atoms with Crippen molar-refractivity contribution in [1.29, 1.82) is 0 Å². The summed E-state index contributed by atoms with van der Waals surface area (Å²) in [6, 6.07) is 3.57. The maximum atomic E-state index is 11.8. The highest BCUT2D eigenvalue weighted by Gasteiger charge is 2.52. The van der Waals surface area contributed by atoms with Gasteiger partial charge >= 0.3 is 12.1 Å². The number of benzene rings is 1. The van der Waals surface area contributed by atoms with Crippen LogP contribution in [0.1, 0.15) is 39.2 Å². The maximum Gasteiger partial charge on any atom is 0.412 e. The van der Waals surface area contributed by atoms with Crippen LogP contribution >= 0.6 is 0 Å². The maximum absolute atomic E-state index is 11.8. The van der Waals surface area contributed by atoms with E-state index in [0.717, 1.165) is 0 Å². The summed E-state index contributed by atoms with van der Waals surface area (Å²) in [6.07, 6.45) is 0.603. The van der Waals surface area contributed by atoms with Crippen LogP contribution in [0.5, 0.6) is 5.75 Å². The fraction of sp³-hybridized carbons (Fsp3) is 0.500. The third kappa shape index (κ3) is 3.73. The molecule has 1 aliphatic carbocycles. The lowest BCUT2D eigenvalue weighted by Crippen LogP contribution is -2.42. The highest BCUT2D eigenvalue weighted by Crippen LogP contribution is 2.51. The molecule has 7 nitrogen and oxygen atoms in total. The van der Waals surface area contributed by atoms with Gasteiger partial charge in [0.05, 0.1) is 5.69 Å². The number of hydrogen-bond donors (Lipinski definition) is 4. The van der Waals surface area contributed by atoms with Crippen LogP contribution in [0.4, 0.5) is 10.5 Å². The Morgan fingerprint density at radius 2 is 1.96 bits per heavy atom. The topological polar surface area (TPSA) is 122 Å².